The van der Waals surface area contributed by atoms with Gasteiger partial charge in [-0.15, -0.1) is 0 Å². The highest BCUT2D eigenvalue weighted by molar-refractivity contribution is 5.76. The van der Waals surface area contributed by atoms with E-state index in [-0.39, 0.29) is 5.91 Å². The highest BCUT2D eigenvalue weighted by atomic mass is 16.2. The van der Waals surface area contributed by atoms with Crippen LogP contribution in [0.1, 0.15) is 6.42 Å². The first-order valence-electron chi connectivity index (χ1n) is 7.60. The van der Waals surface area contributed by atoms with Gasteiger partial charge in [-0.05, 0) is 0 Å². The summed E-state index contributed by atoms with van der Waals surface area (Å²) < 4.78 is 4.04. The maximum absolute atomic E-state index is 12.3. The smallest absolute Gasteiger partial charge is 0.332 e. The van der Waals surface area contributed by atoms with Gasteiger partial charge in [0.15, 0.2) is 11.2 Å². The van der Waals surface area contributed by atoms with Gasteiger partial charge in [0, 0.05) is 53.2 Å². The predicted molar refractivity (Wildman–Crippen MR) is 84.3 cm³/mol. The molecule has 1 aliphatic heterocycles. The van der Waals surface area contributed by atoms with Gasteiger partial charge in [-0.3, -0.25) is 18.7 Å². The minimum Gasteiger partial charge on any atom is -0.340 e. The van der Waals surface area contributed by atoms with Crippen LogP contribution in [0, 0.1) is 0 Å². The lowest BCUT2D eigenvalue weighted by molar-refractivity contribution is -0.131. The zero-order valence-corrected chi connectivity index (χ0v) is 13.3. The molecule has 0 aromatic carbocycles. The number of carbonyl (C=O) groups excluding carboxylic acids is 1. The summed E-state index contributed by atoms with van der Waals surface area (Å²) in [6.45, 7) is 3.40. The molecule has 3 rings (SSSR count). The molecule has 0 spiro atoms. The van der Waals surface area contributed by atoms with E-state index in [2.05, 4.69) is 10.3 Å². The van der Waals surface area contributed by atoms with Crippen molar-refractivity contribution in [3.63, 3.8) is 0 Å². The quantitative estimate of drug-likeness (QED) is 0.724. The molecular weight excluding hydrogens is 300 g/mol. The Kier molecular flexibility index (Phi) is 4.03. The van der Waals surface area contributed by atoms with Gasteiger partial charge >= 0.3 is 5.69 Å². The molecule has 2 aromatic heterocycles. The summed E-state index contributed by atoms with van der Waals surface area (Å²) in [7, 11) is 3.01. The van der Waals surface area contributed by atoms with Crippen molar-refractivity contribution < 1.29 is 4.79 Å². The van der Waals surface area contributed by atoms with E-state index in [9.17, 15) is 14.4 Å². The first kappa shape index (κ1) is 15.5. The fourth-order valence-corrected chi connectivity index (χ4v) is 2.85. The molecule has 23 heavy (non-hydrogen) atoms. The highest BCUT2D eigenvalue weighted by Crippen LogP contribution is 2.07. The Bertz CT molecular complexity index is 856. The predicted octanol–water partition coefficient (Wildman–Crippen LogP) is -1.74. The number of rotatable bonds is 3. The van der Waals surface area contributed by atoms with Gasteiger partial charge in [-0.25, -0.2) is 9.78 Å². The lowest BCUT2D eigenvalue weighted by Crippen LogP contribution is -2.46. The first-order chi connectivity index (χ1) is 11.0. The molecule has 3 heterocycles. The van der Waals surface area contributed by atoms with E-state index in [4.69, 9.17) is 0 Å². The second kappa shape index (κ2) is 5.99. The van der Waals surface area contributed by atoms with Crippen molar-refractivity contribution in [2.75, 3.05) is 26.2 Å². The Morgan fingerprint density at radius 3 is 2.61 bits per heavy atom. The minimum absolute atomic E-state index is 0.0648. The van der Waals surface area contributed by atoms with Gasteiger partial charge in [0.2, 0.25) is 5.91 Å². The van der Waals surface area contributed by atoms with Crippen LogP contribution < -0.4 is 16.6 Å². The Hall–Kier alpha value is -2.42. The van der Waals surface area contributed by atoms with Gasteiger partial charge in [0.25, 0.3) is 5.56 Å². The maximum atomic E-state index is 12.3. The van der Waals surface area contributed by atoms with Crippen molar-refractivity contribution in [1.82, 2.24) is 28.9 Å². The number of nitrogens with one attached hydrogen (secondary N) is 1. The lowest BCUT2D eigenvalue weighted by atomic mass is 10.3. The standard InChI is InChI=1S/C14H20N6O3/c1-17-12-11(13(22)18(2)14(17)23)20(9-16-12)6-3-10(21)19-7-4-15-5-8-19/h9,15H,3-8H2,1-2H3. The largest absolute Gasteiger partial charge is 0.340 e. The van der Waals surface area contributed by atoms with E-state index in [0.29, 0.717) is 37.2 Å². The normalized spacial score (nSPS) is 15.3. The molecule has 9 nitrogen and oxygen atoms in total. The van der Waals surface area contributed by atoms with Crippen LogP contribution in [0.3, 0.4) is 0 Å². The van der Waals surface area contributed by atoms with E-state index >= 15 is 0 Å². The zero-order chi connectivity index (χ0) is 16.6. The van der Waals surface area contributed by atoms with Crippen molar-refractivity contribution in [2.24, 2.45) is 14.1 Å². The fraction of sp³-hybridized carbons (Fsp3) is 0.571. The number of nitrogens with zero attached hydrogens (tertiary/aromatic N) is 5. The number of fused-ring (bicyclic) bond motifs is 1. The molecule has 0 saturated carbocycles. The molecule has 1 N–H and O–H groups in total. The number of hydrogen-bond donors (Lipinski definition) is 1. The average Bonchev–Trinajstić information content (AvgIpc) is 3.00. The van der Waals surface area contributed by atoms with Crippen LogP contribution in [-0.4, -0.2) is 55.7 Å². The second-order valence-corrected chi connectivity index (χ2v) is 5.70. The number of hydrogen-bond acceptors (Lipinski definition) is 5. The van der Waals surface area contributed by atoms with Crippen LogP contribution in [0.25, 0.3) is 11.2 Å². The number of piperazine rings is 1. The van der Waals surface area contributed by atoms with Crippen molar-refractivity contribution in [3.05, 3.63) is 27.2 Å². The maximum Gasteiger partial charge on any atom is 0.332 e. The minimum atomic E-state index is -0.412. The van der Waals surface area contributed by atoms with Gasteiger partial charge in [-0.2, -0.15) is 0 Å². The Morgan fingerprint density at radius 1 is 1.22 bits per heavy atom. The Labute approximate surface area is 132 Å². The number of amides is 1. The van der Waals surface area contributed by atoms with E-state index in [1.165, 1.54) is 17.9 Å². The molecule has 2 aromatic rings. The summed E-state index contributed by atoms with van der Waals surface area (Å²) in [5.41, 5.74) is -0.115. The summed E-state index contributed by atoms with van der Waals surface area (Å²) in [6.07, 6.45) is 1.81. The van der Waals surface area contributed by atoms with Crippen LogP contribution in [0.15, 0.2) is 15.9 Å². The Balaban J connectivity index is 1.85. The monoisotopic (exact) mass is 320 g/mol. The Morgan fingerprint density at radius 2 is 1.91 bits per heavy atom. The SMILES string of the molecule is Cn1c(=O)c2c(ncn2CCC(=O)N2CCNCC2)n(C)c1=O. The van der Waals surface area contributed by atoms with Crippen LogP contribution >= 0.6 is 0 Å². The third-order valence-electron chi connectivity index (χ3n) is 4.25. The van der Waals surface area contributed by atoms with E-state index in [1.54, 1.807) is 11.6 Å². The summed E-state index contributed by atoms with van der Waals surface area (Å²) in [6, 6.07) is 0. The molecular formula is C14H20N6O3. The number of aryl methyl sites for hydroxylation is 2. The third-order valence-corrected chi connectivity index (χ3v) is 4.25. The molecule has 0 atom stereocenters. The number of imidazole rings is 1. The fourth-order valence-electron chi connectivity index (χ4n) is 2.85. The zero-order valence-electron chi connectivity index (χ0n) is 13.3. The van der Waals surface area contributed by atoms with Gasteiger partial charge in [-0.1, -0.05) is 0 Å². The van der Waals surface area contributed by atoms with Gasteiger partial charge < -0.3 is 14.8 Å². The molecule has 1 amide bonds. The van der Waals surface area contributed by atoms with Crippen LogP contribution in [-0.2, 0) is 25.4 Å². The lowest BCUT2D eigenvalue weighted by Gasteiger charge is -2.27. The van der Waals surface area contributed by atoms with Crippen LogP contribution in [0.2, 0.25) is 0 Å². The summed E-state index contributed by atoms with van der Waals surface area (Å²) in [5, 5.41) is 3.20. The van der Waals surface area contributed by atoms with Crippen molar-refractivity contribution >= 4 is 17.1 Å². The van der Waals surface area contributed by atoms with Gasteiger partial charge in [0.05, 0.1) is 6.33 Å². The van der Waals surface area contributed by atoms with Crippen molar-refractivity contribution in [1.29, 1.82) is 0 Å². The second-order valence-electron chi connectivity index (χ2n) is 5.70. The number of carbonyl (C=O) groups is 1. The molecule has 1 fully saturated rings. The number of aromatic nitrogens is 4. The molecule has 0 bridgehead atoms. The molecule has 9 heteroatoms. The topological polar surface area (TPSA) is 94.2 Å². The summed E-state index contributed by atoms with van der Waals surface area (Å²) >= 11 is 0. The molecule has 1 saturated heterocycles. The summed E-state index contributed by atoms with van der Waals surface area (Å²) in [4.78, 5) is 42.4. The highest BCUT2D eigenvalue weighted by Gasteiger charge is 2.18. The summed E-state index contributed by atoms with van der Waals surface area (Å²) in [5.74, 6) is 0.0648. The van der Waals surface area contributed by atoms with Crippen LogP contribution in [0.4, 0.5) is 0 Å². The van der Waals surface area contributed by atoms with Crippen molar-refractivity contribution in [3.8, 4) is 0 Å². The molecule has 1 aliphatic rings. The van der Waals surface area contributed by atoms with Gasteiger partial charge in [0.1, 0.15) is 0 Å². The van der Waals surface area contributed by atoms with Crippen molar-refractivity contribution in [2.45, 2.75) is 13.0 Å². The first-order valence-corrected chi connectivity index (χ1v) is 7.60. The average molecular weight is 320 g/mol. The third kappa shape index (κ3) is 2.67. The molecule has 0 aliphatic carbocycles. The van der Waals surface area contributed by atoms with E-state index in [0.717, 1.165) is 17.7 Å². The molecule has 0 unspecified atom stereocenters. The van der Waals surface area contributed by atoms with E-state index in [1.807, 2.05) is 4.90 Å². The van der Waals surface area contributed by atoms with E-state index < -0.39 is 11.2 Å². The molecule has 0 radical (unpaired) electrons. The van der Waals surface area contributed by atoms with Crippen LogP contribution in [0.5, 0.6) is 0 Å². The molecule has 124 valence electrons.